The van der Waals surface area contributed by atoms with E-state index in [2.05, 4.69) is 37.9 Å². The average Bonchev–Trinajstić information content (AvgIpc) is 3.44. The Kier molecular flexibility index (Phi) is 4.67. The summed E-state index contributed by atoms with van der Waals surface area (Å²) in [6.07, 6.45) is 8.49. The predicted molar refractivity (Wildman–Crippen MR) is 109 cm³/mol. The maximum absolute atomic E-state index is 11.1. The number of allylic oxidation sites excluding steroid dienone is 1. The third-order valence-electron chi connectivity index (χ3n) is 7.71. The van der Waals surface area contributed by atoms with Gasteiger partial charge in [0.15, 0.2) is 0 Å². The van der Waals surface area contributed by atoms with Crippen molar-refractivity contribution in [2.24, 2.45) is 17.8 Å². The van der Waals surface area contributed by atoms with Gasteiger partial charge in [0.2, 0.25) is 0 Å². The Bertz CT molecular complexity index is 704. The van der Waals surface area contributed by atoms with Gasteiger partial charge in [0.25, 0.3) is 0 Å². The van der Waals surface area contributed by atoms with E-state index in [-0.39, 0.29) is 5.41 Å². The van der Waals surface area contributed by atoms with Crippen LogP contribution in [0, 0.1) is 24.7 Å². The van der Waals surface area contributed by atoms with Gasteiger partial charge in [-0.15, -0.1) is 0 Å². The second-order valence-corrected chi connectivity index (χ2v) is 9.24. The number of hydrogen-bond donors (Lipinski definition) is 2. The van der Waals surface area contributed by atoms with Crippen LogP contribution >= 0.6 is 0 Å². The number of phenols is 1. The van der Waals surface area contributed by atoms with Gasteiger partial charge >= 0.3 is 0 Å². The van der Waals surface area contributed by atoms with Gasteiger partial charge in [-0.25, -0.2) is 0 Å². The van der Waals surface area contributed by atoms with E-state index in [9.17, 15) is 5.11 Å². The largest absolute Gasteiger partial charge is 0.507 e. The summed E-state index contributed by atoms with van der Waals surface area (Å²) in [5.74, 6) is 2.49. The monoisotopic (exact) mass is 353 g/mol. The molecule has 3 aliphatic rings. The molecule has 0 heterocycles. The molecule has 4 atom stereocenters. The zero-order chi connectivity index (χ0) is 18.5. The highest BCUT2D eigenvalue weighted by atomic mass is 16.3. The summed E-state index contributed by atoms with van der Waals surface area (Å²) >= 11 is 0. The summed E-state index contributed by atoms with van der Waals surface area (Å²) in [7, 11) is 0. The van der Waals surface area contributed by atoms with Gasteiger partial charge in [-0.05, 0) is 80.9 Å². The van der Waals surface area contributed by atoms with Crippen molar-refractivity contribution in [2.75, 3.05) is 6.54 Å². The third kappa shape index (κ3) is 2.72. The van der Waals surface area contributed by atoms with Gasteiger partial charge in [-0.1, -0.05) is 44.6 Å². The van der Waals surface area contributed by atoms with E-state index in [4.69, 9.17) is 0 Å². The first-order chi connectivity index (χ1) is 12.5. The molecule has 3 aliphatic carbocycles. The van der Waals surface area contributed by atoms with Crippen LogP contribution in [-0.2, 0) is 11.8 Å². The maximum atomic E-state index is 11.1. The third-order valence-corrected chi connectivity index (χ3v) is 7.71. The molecule has 2 heteroatoms. The lowest BCUT2D eigenvalue weighted by Gasteiger charge is -2.56. The molecule has 2 saturated carbocycles. The molecule has 0 spiro atoms. The SMILES string of the molecule is C=C1CC[C@H]2[C@@H](NCC3CC3)Cc3ccc(C)c(O)c3C2(CCC)[C@H]1C. The fourth-order valence-corrected chi connectivity index (χ4v) is 6.06. The summed E-state index contributed by atoms with van der Waals surface area (Å²) in [5.41, 5.74) is 5.07. The van der Waals surface area contributed by atoms with Crippen molar-refractivity contribution in [3.63, 3.8) is 0 Å². The number of benzene rings is 1. The number of hydrogen-bond acceptors (Lipinski definition) is 2. The summed E-state index contributed by atoms with van der Waals surface area (Å²) in [5, 5.41) is 15.1. The van der Waals surface area contributed by atoms with Gasteiger partial charge in [-0.3, -0.25) is 0 Å². The number of fused-ring (bicyclic) bond motifs is 3. The molecule has 2 fully saturated rings. The van der Waals surface area contributed by atoms with Gasteiger partial charge in [0.05, 0.1) is 0 Å². The van der Waals surface area contributed by atoms with Crippen LogP contribution in [0.1, 0.15) is 69.1 Å². The molecular weight excluding hydrogens is 318 g/mol. The fourth-order valence-electron chi connectivity index (χ4n) is 6.06. The molecule has 0 saturated heterocycles. The molecule has 0 bridgehead atoms. The standard InChI is InChI=1S/C24H35NO/c1-5-12-24-17(4)15(2)7-11-20(24)21(25-14-18-8-9-18)13-19-10-6-16(3)23(26)22(19)24/h6,10,17-18,20-21,25-26H,2,5,7-9,11-14H2,1,3-4H3/t17-,20-,21-,24?/m0/s1. The van der Waals surface area contributed by atoms with Gasteiger partial charge in [-0.2, -0.15) is 0 Å². The minimum atomic E-state index is 0.0367. The van der Waals surface area contributed by atoms with E-state index in [1.54, 1.807) is 0 Å². The van der Waals surface area contributed by atoms with Crippen molar-refractivity contribution < 1.29 is 5.11 Å². The highest BCUT2D eigenvalue weighted by Crippen LogP contribution is 2.59. The van der Waals surface area contributed by atoms with Crippen molar-refractivity contribution >= 4 is 0 Å². The summed E-state index contributed by atoms with van der Waals surface area (Å²) < 4.78 is 0. The smallest absolute Gasteiger partial charge is 0.122 e. The Morgan fingerprint density at radius 3 is 2.73 bits per heavy atom. The second-order valence-electron chi connectivity index (χ2n) is 9.24. The molecule has 2 nitrogen and oxygen atoms in total. The van der Waals surface area contributed by atoms with Crippen LogP contribution in [0.3, 0.4) is 0 Å². The lowest BCUT2D eigenvalue weighted by molar-refractivity contribution is 0.0887. The predicted octanol–water partition coefficient (Wildman–Crippen LogP) is 5.27. The molecule has 4 rings (SSSR count). The summed E-state index contributed by atoms with van der Waals surface area (Å²) in [6, 6.07) is 4.93. The van der Waals surface area contributed by atoms with Crippen molar-refractivity contribution in [1.82, 2.24) is 5.32 Å². The van der Waals surface area contributed by atoms with E-state index in [0.717, 1.165) is 37.2 Å². The molecule has 1 aromatic carbocycles. The first-order valence-electron chi connectivity index (χ1n) is 10.7. The number of nitrogens with one attached hydrogen (secondary N) is 1. The van der Waals surface area contributed by atoms with Crippen LogP contribution in [0.2, 0.25) is 0 Å². The lowest BCUT2D eigenvalue weighted by Crippen LogP contribution is -2.57. The molecule has 1 aromatic rings. The number of aromatic hydroxyl groups is 1. The fraction of sp³-hybridized carbons (Fsp3) is 0.667. The van der Waals surface area contributed by atoms with Crippen molar-refractivity contribution in [1.29, 1.82) is 0 Å². The Morgan fingerprint density at radius 2 is 2.04 bits per heavy atom. The lowest BCUT2D eigenvalue weighted by atomic mass is 9.49. The highest BCUT2D eigenvalue weighted by Gasteiger charge is 2.54. The molecule has 0 aliphatic heterocycles. The average molecular weight is 354 g/mol. The normalized spacial score (nSPS) is 33.7. The summed E-state index contributed by atoms with van der Waals surface area (Å²) in [6.45, 7) is 12.3. The van der Waals surface area contributed by atoms with Crippen molar-refractivity contribution in [3.05, 3.63) is 41.0 Å². The van der Waals surface area contributed by atoms with E-state index >= 15 is 0 Å². The Hall–Kier alpha value is -1.28. The maximum Gasteiger partial charge on any atom is 0.122 e. The number of rotatable bonds is 5. The zero-order valence-electron chi connectivity index (χ0n) is 16.8. The summed E-state index contributed by atoms with van der Waals surface area (Å²) in [4.78, 5) is 0. The van der Waals surface area contributed by atoms with Crippen LogP contribution in [-0.4, -0.2) is 17.7 Å². The van der Waals surface area contributed by atoms with Crippen LogP contribution in [0.15, 0.2) is 24.3 Å². The van der Waals surface area contributed by atoms with Crippen molar-refractivity contribution in [3.8, 4) is 5.75 Å². The number of aryl methyl sites for hydroxylation is 1. The molecule has 142 valence electrons. The van der Waals surface area contributed by atoms with E-state index in [0.29, 0.717) is 23.6 Å². The first-order valence-corrected chi connectivity index (χ1v) is 10.7. The molecule has 1 unspecified atom stereocenters. The molecule has 0 radical (unpaired) electrons. The van der Waals surface area contributed by atoms with Gasteiger partial charge in [0, 0.05) is 17.0 Å². The van der Waals surface area contributed by atoms with Crippen LogP contribution in [0.4, 0.5) is 0 Å². The quantitative estimate of drug-likeness (QED) is 0.707. The van der Waals surface area contributed by atoms with Crippen molar-refractivity contribution in [2.45, 2.75) is 77.2 Å². The van der Waals surface area contributed by atoms with E-state index in [1.165, 1.54) is 42.5 Å². The minimum Gasteiger partial charge on any atom is -0.507 e. The Labute approximate surface area is 159 Å². The topological polar surface area (TPSA) is 32.3 Å². The van der Waals surface area contributed by atoms with Crippen LogP contribution in [0.5, 0.6) is 5.75 Å². The second kappa shape index (κ2) is 6.71. The first kappa shape index (κ1) is 18.1. The molecule has 0 aromatic heterocycles. The molecular formula is C24H35NO. The number of phenolic OH excluding ortho intramolecular Hbond substituents is 1. The van der Waals surface area contributed by atoms with E-state index < -0.39 is 0 Å². The Morgan fingerprint density at radius 1 is 1.27 bits per heavy atom. The van der Waals surface area contributed by atoms with Gasteiger partial charge < -0.3 is 10.4 Å². The van der Waals surface area contributed by atoms with E-state index in [1.807, 2.05) is 6.92 Å². The minimum absolute atomic E-state index is 0.0367. The zero-order valence-corrected chi connectivity index (χ0v) is 16.8. The molecule has 26 heavy (non-hydrogen) atoms. The Balaban J connectivity index is 1.84. The van der Waals surface area contributed by atoms with Crippen LogP contribution in [0.25, 0.3) is 0 Å². The van der Waals surface area contributed by atoms with Gasteiger partial charge in [0.1, 0.15) is 5.75 Å². The molecule has 0 amide bonds. The van der Waals surface area contributed by atoms with Crippen LogP contribution < -0.4 is 5.32 Å². The highest BCUT2D eigenvalue weighted by molar-refractivity contribution is 5.54. The molecule has 2 N–H and O–H groups in total.